The van der Waals surface area contributed by atoms with E-state index in [0.717, 1.165) is 19.0 Å². The van der Waals surface area contributed by atoms with E-state index < -0.39 is 0 Å². The smallest absolute Gasteiger partial charge is 0.221 e. The maximum Gasteiger partial charge on any atom is 0.221 e. The Morgan fingerprint density at radius 3 is 2.71 bits per heavy atom. The van der Waals surface area contributed by atoms with Gasteiger partial charge in [0, 0.05) is 30.3 Å². The number of rotatable bonds is 7. The number of thioether (sulfide) groups is 1. The van der Waals surface area contributed by atoms with E-state index in [-0.39, 0.29) is 16.7 Å². The quantitative estimate of drug-likeness (QED) is 0.495. The fourth-order valence-electron chi connectivity index (χ4n) is 2.24. The van der Waals surface area contributed by atoms with Gasteiger partial charge in [0.1, 0.15) is 0 Å². The van der Waals surface area contributed by atoms with Crippen LogP contribution in [0.4, 0.5) is 0 Å². The molecule has 1 atom stereocenters. The van der Waals surface area contributed by atoms with Crippen molar-refractivity contribution < 1.29 is 4.79 Å². The summed E-state index contributed by atoms with van der Waals surface area (Å²) in [7, 11) is 0. The lowest BCUT2D eigenvalue weighted by Crippen LogP contribution is -2.40. The summed E-state index contributed by atoms with van der Waals surface area (Å²) in [6.07, 6.45) is 2.99. The van der Waals surface area contributed by atoms with Crippen molar-refractivity contribution in [2.75, 3.05) is 25.4 Å². The van der Waals surface area contributed by atoms with Gasteiger partial charge >= 0.3 is 0 Å². The molecule has 0 aromatic rings. The van der Waals surface area contributed by atoms with Gasteiger partial charge in [-0.3, -0.25) is 9.79 Å². The summed E-state index contributed by atoms with van der Waals surface area (Å²) in [5.41, 5.74) is 0. The fourth-order valence-corrected chi connectivity index (χ4v) is 3.46. The Bertz CT molecular complexity index is 352. The largest absolute Gasteiger partial charge is 0.357 e. The molecule has 1 heterocycles. The van der Waals surface area contributed by atoms with E-state index in [0.29, 0.717) is 13.0 Å². The minimum Gasteiger partial charge on any atom is -0.357 e. The van der Waals surface area contributed by atoms with Crippen LogP contribution in [0.2, 0.25) is 0 Å². The van der Waals surface area contributed by atoms with Gasteiger partial charge < -0.3 is 16.0 Å². The van der Waals surface area contributed by atoms with Crippen molar-refractivity contribution in [3.05, 3.63) is 0 Å². The first-order valence-corrected chi connectivity index (χ1v) is 8.89. The Hall–Kier alpha value is -0.910. The molecular formula is C15H30N4OS. The summed E-state index contributed by atoms with van der Waals surface area (Å²) in [5.74, 6) is 2.13. The molecule has 0 spiro atoms. The SMILES string of the molecule is CCNC(=NCC1(C)CCCS1)NCCC(=O)NC(C)C. The Balaban J connectivity index is 2.36. The molecular weight excluding hydrogens is 284 g/mol. The molecule has 21 heavy (non-hydrogen) atoms. The van der Waals surface area contributed by atoms with Gasteiger partial charge in [-0.1, -0.05) is 0 Å². The summed E-state index contributed by atoms with van der Waals surface area (Å²) < 4.78 is 0.275. The molecule has 1 fully saturated rings. The predicted molar refractivity (Wildman–Crippen MR) is 92.0 cm³/mol. The number of guanidine groups is 1. The molecule has 122 valence electrons. The van der Waals surface area contributed by atoms with Crippen LogP contribution in [-0.4, -0.2) is 48.0 Å². The van der Waals surface area contributed by atoms with Crippen LogP contribution < -0.4 is 16.0 Å². The van der Waals surface area contributed by atoms with Gasteiger partial charge in [0.05, 0.1) is 6.54 Å². The van der Waals surface area contributed by atoms with Crippen LogP contribution in [0.5, 0.6) is 0 Å². The second-order valence-corrected chi connectivity index (χ2v) is 7.68. The maximum atomic E-state index is 11.6. The molecule has 1 unspecified atom stereocenters. The summed E-state index contributed by atoms with van der Waals surface area (Å²) >= 11 is 2.01. The monoisotopic (exact) mass is 314 g/mol. The summed E-state index contributed by atoms with van der Waals surface area (Å²) in [6.45, 7) is 10.5. The molecule has 3 N–H and O–H groups in total. The zero-order valence-corrected chi connectivity index (χ0v) is 14.6. The highest BCUT2D eigenvalue weighted by Gasteiger charge is 2.29. The van der Waals surface area contributed by atoms with Crippen molar-refractivity contribution in [1.82, 2.24) is 16.0 Å². The third-order valence-electron chi connectivity index (χ3n) is 3.31. The van der Waals surface area contributed by atoms with Crippen molar-refractivity contribution in [3.63, 3.8) is 0 Å². The predicted octanol–water partition coefficient (Wildman–Crippen LogP) is 1.74. The van der Waals surface area contributed by atoms with Crippen molar-refractivity contribution in [2.24, 2.45) is 4.99 Å². The fraction of sp³-hybridized carbons (Fsp3) is 0.867. The number of aliphatic imine (C=N–C) groups is 1. The number of carbonyl (C=O) groups excluding carboxylic acids is 1. The van der Waals surface area contributed by atoms with Crippen LogP contribution in [0, 0.1) is 0 Å². The number of hydrogen-bond acceptors (Lipinski definition) is 3. The van der Waals surface area contributed by atoms with Crippen LogP contribution in [-0.2, 0) is 4.79 Å². The highest BCUT2D eigenvalue weighted by molar-refractivity contribution is 8.00. The second kappa shape index (κ2) is 9.18. The van der Waals surface area contributed by atoms with E-state index in [1.54, 1.807) is 0 Å². The summed E-state index contributed by atoms with van der Waals surface area (Å²) in [5, 5.41) is 9.36. The normalized spacial score (nSPS) is 22.4. The minimum absolute atomic E-state index is 0.0756. The molecule has 0 aliphatic carbocycles. The van der Waals surface area contributed by atoms with Gasteiger partial charge in [-0.2, -0.15) is 11.8 Å². The topological polar surface area (TPSA) is 65.5 Å². The molecule has 6 heteroatoms. The van der Waals surface area contributed by atoms with Crippen LogP contribution in [0.15, 0.2) is 4.99 Å². The molecule has 1 aliphatic heterocycles. The van der Waals surface area contributed by atoms with Gasteiger partial charge in [0.25, 0.3) is 0 Å². The third kappa shape index (κ3) is 7.60. The molecule has 1 aliphatic rings. The number of nitrogens with zero attached hydrogens (tertiary/aromatic N) is 1. The highest BCUT2D eigenvalue weighted by atomic mass is 32.2. The Labute approximate surface area is 133 Å². The van der Waals surface area contributed by atoms with Crippen molar-refractivity contribution in [2.45, 2.75) is 57.7 Å². The van der Waals surface area contributed by atoms with Crippen molar-refractivity contribution in [1.29, 1.82) is 0 Å². The lowest BCUT2D eigenvalue weighted by Gasteiger charge is -2.21. The van der Waals surface area contributed by atoms with E-state index in [9.17, 15) is 4.79 Å². The van der Waals surface area contributed by atoms with E-state index >= 15 is 0 Å². The lowest BCUT2D eigenvalue weighted by molar-refractivity contribution is -0.121. The Kier molecular flexibility index (Phi) is 7.93. The standard InChI is InChI=1S/C15H30N4OS/c1-5-16-14(17-9-7-13(20)19-12(2)3)18-11-15(4)8-6-10-21-15/h12H,5-11H2,1-4H3,(H,19,20)(H2,16,17,18). The number of amides is 1. The maximum absolute atomic E-state index is 11.6. The van der Waals surface area contributed by atoms with E-state index in [2.05, 4.69) is 34.8 Å². The Morgan fingerprint density at radius 1 is 1.38 bits per heavy atom. The van der Waals surface area contributed by atoms with E-state index in [1.807, 2.05) is 25.6 Å². The first-order chi connectivity index (χ1) is 9.95. The van der Waals surface area contributed by atoms with Crippen LogP contribution in [0.1, 0.15) is 47.0 Å². The van der Waals surface area contributed by atoms with E-state index in [1.165, 1.54) is 18.6 Å². The molecule has 0 bridgehead atoms. The summed E-state index contributed by atoms with van der Waals surface area (Å²) in [4.78, 5) is 16.3. The van der Waals surface area contributed by atoms with Crippen LogP contribution >= 0.6 is 11.8 Å². The molecule has 5 nitrogen and oxygen atoms in total. The van der Waals surface area contributed by atoms with Gasteiger partial charge in [-0.25, -0.2) is 0 Å². The van der Waals surface area contributed by atoms with Crippen LogP contribution in [0.25, 0.3) is 0 Å². The van der Waals surface area contributed by atoms with Gasteiger partial charge in [0.15, 0.2) is 5.96 Å². The van der Waals surface area contributed by atoms with E-state index in [4.69, 9.17) is 0 Å². The molecule has 0 aromatic heterocycles. The molecule has 1 rings (SSSR count). The highest BCUT2D eigenvalue weighted by Crippen LogP contribution is 2.37. The second-order valence-electron chi connectivity index (χ2n) is 6.00. The first-order valence-electron chi connectivity index (χ1n) is 7.91. The van der Waals surface area contributed by atoms with Crippen molar-refractivity contribution >= 4 is 23.6 Å². The van der Waals surface area contributed by atoms with Gasteiger partial charge in [-0.15, -0.1) is 0 Å². The minimum atomic E-state index is 0.0756. The first kappa shape index (κ1) is 18.1. The van der Waals surface area contributed by atoms with Gasteiger partial charge in [-0.05, 0) is 46.3 Å². The third-order valence-corrected chi connectivity index (χ3v) is 4.83. The molecule has 0 saturated carbocycles. The van der Waals surface area contributed by atoms with Crippen LogP contribution in [0.3, 0.4) is 0 Å². The lowest BCUT2D eigenvalue weighted by atomic mass is 10.1. The summed E-state index contributed by atoms with van der Waals surface area (Å²) in [6, 6.07) is 0.193. The molecule has 0 radical (unpaired) electrons. The average molecular weight is 314 g/mol. The zero-order chi connectivity index (χ0) is 15.7. The molecule has 1 amide bonds. The number of nitrogens with one attached hydrogen (secondary N) is 3. The molecule has 1 saturated heterocycles. The Morgan fingerprint density at radius 2 is 2.14 bits per heavy atom. The zero-order valence-electron chi connectivity index (χ0n) is 13.8. The molecule has 0 aromatic carbocycles. The number of carbonyl (C=O) groups is 1. The van der Waals surface area contributed by atoms with Gasteiger partial charge in [0.2, 0.25) is 5.91 Å². The number of hydrogen-bond donors (Lipinski definition) is 3. The van der Waals surface area contributed by atoms with Crippen molar-refractivity contribution in [3.8, 4) is 0 Å². The average Bonchev–Trinajstić information content (AvgIpc) is 2.82.